The topological polar surface area (TPSA) is 75.2 Å². The van der Waals surface area contributed by atoms with Crippen molar-refractivity contribution in [1.29, 1.82) is 0 Å². The lowest BCUT2D eigenvalue weighted by Gasteiger charge is -2.12. The van der Waals surface area contributed by atoms with Crippen molar-refractivity contribution in [2.24, 2.45) is 11.7 Å². The van der Waals surface area contributed by atoms with Crippen LogP contribution in [0.15, 0.2) is 29.4 Å². The third-order valence-corrected chi connectivity index (χ3v) is 5.03. The summed E-state index contributed by atoms with van der Waals surface area (Å²) in [6.07, 6.45) is 1.82. The summed E-state index contributed by atoms with van der Waals surface area (Å²) in [7, 11) is 1.67. The minimum Gasteiger partial charge on any atom is -0.497 e. The zero-order chi connectivity index (χ0) is 16.1. The van der Waals surface area contributed by atoms with Gasteiger partial charge in [-0.1, -0.05) is 11.8 Å². The Kier molecular flexibility index (Phi) is 5.53. The molecule has 6 nitrogen and oxygen atoms in total. The average Bonchev–Trinajstić information content (AvgIpc) is 3.23. The molecule has 1 aliphatic rings. The van der Waals surface area contributed by atoms with Crippen LogP contribution in [0, 0.1) is 5.92 Å². The van der Waals surface area contributed by atoms with Crippen LogP contribution in [-0.4, -0.2) is 47.4 Å². The van der Waals surface area contributed by atoms with Gasteiger partial charge in [-0.3, -0.25) is 4.57 Å². The number of benzene rings is 1. The standard InChI is InChI=1S/C16H22N4O2S/c1-21-14-4-2-13(3-5-14)20-15(6-8-17)18-19-16(20)23-11-12-7-9-22-10-12/h2-5,12H,6-11,17H2,1H3/t12-/m1/s1. The highest BCUT2D eigenvalue weighted by Crippen LogP contribution is 2.27. The van der Waals surface area contributed by atoms with E-state index >= 15 is 0 Å². The van der Waals surface area contributed by atoms with Gasteiger partial charge in [-0.25, -0.2) is 0 Å². The summed E-state index contributed by atoms with van der Waals surface area (Å²) in [6.45, 7) is 2.27. The Morgan fingerprint density at radius 2 is 2.17 bits per heavy atom. The maximum absolute atomic E-state index is 5.71. The fourth-order valence-electron chi connectivity index (χ4n) is 2.58. The summed E-state index contributed by atoms with van der Waals surface area (Å²) in [5.41, 5.74) is 6.74. The highest BCUT2D eigenvalue weighted by Gasteiger charge is 2.19. The van der Waals surface area contributed by atoms with E-state index in [2.05, 4.69) is 14.8 Å². The molecule has 1 atom stereocenters. The first-order valence-corrected chi connectivity index (χ1v) is 8.79. The molecule has 0 saturated carbocycles. The smallest absolute Gasteiger partial charge is 0.195 e. The molecule has 0 aliphatic carbocycles. The Hall–Kier alpha value is -1.57. The summed E-state index contributed by atoms with van der Waals surface area (Å²) in [4.78, 5) is 0. The van der Waals surface area contributed by atoms with Gasteiger partial charge in [0.2, 0.25) is 0 Å². The molecule has 2 aromatic rings. The van der Waals surface area contributed by atoms with Crippen molar-refractivity contribution in [2.45, 2.75) is 18.0 Å². The number of nitrogens with two attached hydrogens (primary N) is 1. The van der Waals surface area contributed by atoms with Crippen LogP contribution in [-0.2, 0) is 11.2 Å². The zero-order valence-corrected chi connectivity index (χ0v) is 14.1. The van der Waals surface area contributed by atoms with E-state index in [4.69, 9.17) is 15.2 Å². The fraction of sp³-hybridized carbons (Fsp3) is 0.500. The molecule has 1 fully saturated rings. The van der Waals surface area contributed by atoms with Crippen LogP contribution in [0.1, 0.15) is 12.2 Å². The molecule has 1 saturated heterocycles. The minimum absolute atomic E-state index is 0.551. The maximum atomic E-state index is 5.71. The van der Waals surface area contributed by atoms with Crippen LogP contribution in [0.25, 0.3) is 5.69 Å². The first kappa shape index (κ1) is 16.3. The molecule has 3 rings (SSSR count). The van der Waals surface area contributed by atoms with E-state index in [0.29, 0.717) is 18.9 Å². The SMILES string of the molecule is COc1ccc(-n2c(CCN)nnc2SC[C@@H]2CCOC2)cc1. The summed E-state index contributed by atoms with van der Waals surface area (Å²) >= 11 is 1.73. The first-order chi connectivity index (χ1) is 11.3. The molecule has 23 heavy (non-hydrogen) atoms. The fourth-order valence-corrected chi connectivity index (χ4v) is 3.67. The van der Waals surface area contributed by atoms with Crippen LogP contribution in [0.5, 0.6) is 5.75 Å². The molecular formula is C16H22N4O2S. The molecule has 0 radical (unpaired) electrons. The highest BCUT2D eigenvalue weighted by atomic mass is 32.2. The van der Waals surface area contributed by atoms with Gasteiger partial charge in [0, 0.05) is 24.5 Å². The van der Waals surface area contributed by atoms with Crippen LogP contribution >= 0.6 is 11.8 Å². The molecule has 7 heteroatoms. The second kappa shape index (κ2) is 7.81. The zero-order valence-electron chi connectivity index (χ0n) is 13.3. The quantitative estimate of drug-likeness (QED) is 0.780. The van der Waals surface area contributed by atoms with Crippen molar-refractivity contribution in [3.05, 3.63) is 30.1 Å². The number of hydrogen-bond acceptors (Lipinski definition) is 6. The molecule has 0 amide bonds. The molecule has 1 aromatic heterocycles. The van der Waals surface area contributed by atoms with Crippen LogP contribution in [0.2, 0.25) is 0 Å². The van der Waals surface area contributed by atoms with Crippen molar-refractivity contribution in [3.8, 4) is 11.4 Å². The number of aromatic nitrogens is 3. The number of thioether (sulfide) groups is 1. The Bertz CT molecular complexity index is 624. The molecule has 1 aromatic carbocycles. The lowest BCUT2D eigenvalue weighted by molar-refractivity contribution is 0.189. The van der Waals surface area contributed by atoms with Crippen molar-refractivity contribution in [3.63, 3.8) is 0 Å². The van der Waals surface area contributed by atoms with Gasteiger partial charge >= 0.3 is 0 Å². The minimum atomic E-state index is 0.551. The maximum Gasteiger partial charge on any atom is 0.195 e. The molecule has 124 valence electrons. The largest absolute Gasteiger partial charge is 0.497 e. The molecule has 2 heterocycles. The Balaban J connectivity index is 1.83. The lowest BCUT2D eigenvalue weighted by Crippen LogP contribution is -2.10. The molecule has 0 spiro atoms. The molecule has 1 aliphatic heterocycles. The number of ether oxygens (including phenoxy) is 2. The van der Waals surface area contributed by atoms with Crippen LogP contribution in [0.3, 0.4) is 0 Å². The Labute approximate surface area is 140 Å². The number of methoxy groups -OCH3 is 1. The lowest BCUT2D eigenvalue weighted by atomic mass is 10.2. The van der Waals surface area contributed by atoms with Gasteiger partial charge in [0.15, 0.2) is 5.16 Å². The number of rotatable bonds is 7. The Morgan fingerprint density at radius 3 is 2.83 bits per heavy atom. The van der Waals surface area contributed by atoms with E-state index in [1.54, 1.807) is 18.9 Å². The summed E-state index contributed by atoms with van der Waals surface area (Å²) in [5, 5.41) is 9.59. The normalized spacial score (nSPS) is 17.6. The summed E-state index contributed by atoms with van der Waals surface area (Å²) in [5.74, 6) is 3.32. The van der Waals surface area contributed by atoms with E-state index in [-0.39, 0.29) is 0 Å². The van der Waals surface area contributed by atoms with E-state index in [9.17, 15) is 0 Å². The van der Waals surface area contributed by atoms with Crippen molar-refractivity contribution in [1.82, 2.24) is 14.8 Å². The predicted octanol–water partition coefficient (Wildman–Crippen LogP) is 1.91. The first-order valence-electron chi connectivity index (χ1n) is 7.81. The van der Waals surface area contributed by atoms with Gasteiger partial charge in [-0.05, 0) is 43.1 Å². The van der Waals surface area contributed by atoms with E-state index in [0.717, 1.165) is 47.8 Å². The van der Waals surface area contributed by atoms with E-state index in [1.807, 2.05) is 24.3 Å². The van der Waals surface area contributed by atoms with Crippen LogP contribution < -0.4 is 10.5 Å². The van der Waals surface area contributed by atoms with Gasteiger partial charge in [0.1, 0.15) is 11.6 Å². The van der Waals surface area contributed by atoms with Gasteiger partial charge in [0.05, 0.1) is 13.7 Å². The van der Waals surface area contributed by atoms with Crippen molar-refractivity contribution >= 4 is 11.8 Å². The third kappa shape index (κ3) is 3.85. The monoisotopic (exact) mass is 334 g/mol. The Morgan fingerprint density at radius 1 is 1.35 bits per heavy atom. The molecule has 2 N–H and O–H groups in total. The van der Waals surface area contributed by atoms with Gasteiger partial charge in [-0.2, -0.15) is 0 Å². The summed E-state index contributed by atoms with van der Waals surface area (Å²) in [6, 6.07) is 7.93. The predicted molar refractivity (Wildman–Crippen MR) is 90.3 cm³/mol. The van der Waals surface area contributed by atoms with Gasteiger partial charge < -0.3 is 15.2 Å². The van der Waals surface area contributed by atoms with Gasteiger partial charge in [0.25, 0.3) is 0 Å². The molecule has 0 bridgehead atoms. The van der Waals surface area contributed by atoms with Crippen LogP contribution in [0.4, 0.5) is 0 Å². The van der Waals surface area contributed by atoms with E-state index in [1.165, 1.54) is 0 Å². The second-order valence-electron chi connectivity index (χ2n) is 5.51. The second-order valence-corrected chi connectivity index (χ2v) is 6.50. The summed E-state index contributed by atoms with van der Waals surface area (Å²) < 4.78 is 12.8. The van der Waals surface area contributed by atoms with Gasteiger partial charge in [-0.15, -0.1) is 10.2 Å². The third-order valence-electron chi connectivity index (χ3n) is 3.87. The average molecular weight is 334 g/mol. The van der Waals surface area contributed by atoms with Crippen molar-refractivity contribution in [2.75, 3.05) is 32.6 Å². The molecular weight excluding hydrogens is 312 g/mol. The van der Waals surface area contributed by atoms with Crippen molar-refractivity contribution < 1.29 is 9.47 Å². The van der Waals surface area contributed by atoms with E-state index < -0.39 is 0 Å². The number of nitrogens with zero attached hydrogens (tertiary/aromatic N) is 3. The molecule has 0 unspecified atom stereocenters. The highest BCUT2D eigenvalue weighted by molar-refractivity contribution is 7.99. The number of hydrogen-bond donors (Lipinski definition) is 1.